The van der Waals surface area contributed by atoms with Gasteiger partial charge in [0.2, 0.25) is 0 Å². The molecule has 1 aliphatic rings. The van der Waals surface area contributed by atoms with Gasteiger partial charge in [-0.15, -0.1) is 0 Å². The number of hydrogen-bond acceptors (Lipinski definition) is 5. The number of nitrogens with zero attached hydrogens (tertiary/aromatic N) is 1. The predicted molar refractivity (Wildman–Crippen MR) is 122 cm³/mol. The molecule has 1 saturated heterocycles. The van der Waals surface area contributed by atoms with E-state index in [-0.39, 0.29) is 5.91 Å². The molecule has 0 atom stereocenters. The van der Waals surface area contributed by atoms with Crippen LogP contribution in [-0.4, -0.2) is 16.8 Å². The number of halogens is 1. The summed E-state index contributed by atoms with van der Waals surface area (Å²) in [7, 11) is 0. The largest absolute Gasteiger partial charge is 0.494 e. The molecular formula is C22H16ClNO3S2. The van der Waals surface area contributed by atoms with Gasteiger partial charge in [-0.25, -0.2) is 0 Å². The average molecular weight is 442 g/mol. The minimum Gasteiger partial charge on any atom is -0.494 e. The average Bonchev–Trinajstić information content (AvgIpc) is 3.28. The van der Waals surface area contributed by atoms with Crippen LogP contribution in [0.5, 0.6) is 5.75 Å². The molecule has 29 heavy (non-hydrogen) atoms. The first kappa shape index (κ1) is 19.8. The van der Waals surface area contributed by atoms with Crippen LogP contribution in [0, 0.1) is 0 Å². The SMILES string of the molecule is CCOc1ccc(N2C(=O)C(=Cc3ccc(-c4ccccc4Cl)o3)SC2=S)cc1. The van der Waals surface area contributed by atoms with Crippen LogP contribution in [-0.2, 0) is 4.79 Å². The third-order valence-electron chi connectivity index (χ3n) is 4.24. The van der Waals surface area contributed by atoms with Crippen LogP contribution in [0.1, 0.15) is 12.7 Å². The molecule has 2 aromatic carbocycles. The van der Waals surface area contributed by atoms with Gasteiger partial charge in [0, 0.05) is 11.6 Å². The molecule has 0 radical (unpaired) electrons. The van der Waals surface area contributed by atoms with E-state index < -0.39 is 0 Å². The van der Waals surface area contributed by atoms with Crippen LogP contribution in [0.2, 0.25) is 5.02 Å². The Kier molecular flexibility index (Phi) is 5.76. The van der Waals surface area contributed by atoms with E-state index in [1.54, 1.807) is 12.1 Å². The molecule has 1 amide bonds. The van der Waals surface area contributed by atoms with E-state index in [4.69, 9.17) is 33.0 Å². The van der Waals surface area contributed by atoms with Crippen molar-refractivity contribution in [1.29, 1.82) is 0 Å². The van der Waals surface area contributed by atoms with Gasteiger partial charge in [-0.2, -0.15) is 0 Å². The second kappa shape index (κ2) is 8.45. The Labute approximate surface area is 183 Å². The summed E-state index contributed by atoms with van der Waals surface area (Å²) in [6.07, 6.45) is 1.70. The van der Waals surface area contributed by atoms with Gasteiger partial charge in [0.15, 0.2) is 4.32 Å². The number of ether oxygens (including phenoxy) is 1. The fourth-order valence-corrected chi connectivity index (χ4v) is 4.42. The lowest BCUT2D eigenvalue weighted by atomic mass is 10.2. The fraction of sp³-hybridized carbons (Fsp3) is 0.0909. The number of anilines is 1. The van der Waals surface area contributed by atoms with Crippen LogP contribution in [0.3, 0.4) is 0 Å². The van der Waals surface area contributed by atoms with Crippen LogP contribution in [0.25, 0.3) is 17.4 Å². The highest BCUT2D eigenvalue weighted by Crippen LogP contribution is 2.37. The number of benzene rings is 2. The number of carbonyl (C=O) groups excluding carboxylic acids is 1. The second-order valence-corrected chi connectivity index (χ2v) is 8.21. The van der Waals surface area contributed by atoms with Crippen molar-refractivity contribution in [2.45, 2.75) is 6.92 Å². The maximum atomic E-state index is 12.9. The summed E-state index contributed by atoms with van der Waals surface area (Å²) in [4.78, 5) is 14.9. The Morgan fingerprint density at radius 3 is 2.62 bits per heavy atom. The van der Waals surface area contributed by atoms with E-state index in [1.807, 2.05) is 61.5 Å². The van der Waals surface area contributed by atoms with Gasteiger partial charge in [-0.3, -0.25) is 9.69 Å². The zero-order chi connectivity index (χ0) is 20.4. The Balaban J connectivity index is 1.57. The normalized spacial score (nSPS) is 15.4. The van der Waals surface area contributed by atoms with Crippen molar-refractivity contribution >= 4 is 57.6 Å². The van der Waals surface area contributed by atoms with E-state index in [0.717, 1.165) is 11.3 Å². The van der Waals surface area contributed by atoms with E-state index in [2.05, 4.69) is 0 Å². The lowest BCUT2D eigenvalue weighted by Gasteiger charge is -2.15. The summed E-state index contributed by atoms with van der Waals surface area (Å²) in [5, 5.41) is 0.607. The van der Waals surface area contributed by atoms with Crippen molar-refractivity contribution in [3.63, 3.8) is 0 Å². The number of thiocarbonyl (C=S) groups is 1. The Bertz CT molecular complexity index is 1110. The Morgan fingerprint density at radius 1 is 1.14 bits per heavy atom. The summed E-state index contributed by atoms with van der Waals surface area (Å²) < 4.78 is 11.8. The molecule has 2 heterocycles. The van der Waals surface area contributed by atoms with Gasteiger partial charge < -0.3 is 9.15 Å². The number of furan rings is 1. The van der Waals surface area contributed by atoms with Crippen molar-refractivity contribution in [3.05, 3.63) is 76.4 Å². The van der Waals surface area contributed by atoms with Crippen LogP contribution in [0.15, 0.2) is 70.0 Å². The molecule has 1 fully saturated rings. The lowest BCUT2D eigenvalue weighted by molar-refractivity contribution is -0.113. The number of hydrogen-bond donors (Lipinski definition) is 0. The van der Waals surface area contributed by atoms with Gasteiger partial charge in [0.05, 0.1) is 22.2 Å². The lowest BCUT2D eigenvalue weighted by Crippen LogP contribution is -2.27. The molecule has 0 aliphatic carbocycles. The van der Waals surface area contributed by atoms with Crippen molar-refractivity contribution in [2.75, 3.05) is 11.5 Å². The third kappa shape index (κ3) is 4.10. The van der Waals surface area contributed by atoms with Crippen LogP contribution in [0.4, 0.5) is 5.69 Å². The summed E-state index contributed by atoms with van der Waals surface area (Å²) in [6, 6.07) is 18.4. The third-order valence-corrected chi connectivity index (χ3v) is 5.87. The van der Waals surface area contributed by atoms with Crippen LogP contribution >= 0.6 is 35.6 Å². The highest BCUT2D eigenvalue weighted by Gasteiger charge is 2.33. The number of amides is 1. The van der Waals surface area contributed by atoms with E-state index >= 15 is 0 Å². The summed E-state index contributed by atoms with van der Waals surface area (Å²) in [5.41, 5.74) is 1.51. The van der Waals surface area contributed by atoms with Crippen LogP contribution < -0.4 is 9.64 Å². The minimum absolute atomic E-state index is 0.181. The molecule has 3 aromatic rings. The minimum atomic E-state index is -0.181. The topological polar surface area (TPSA) is 42.7 Å². The standard InChI is InChI=1S/C22H16ClNO3S2/c1-2-26-15-9-7-14(8-10-15)24-21(25)20(29-22(24)28)13-16-11-12-19(27-16)17-5-3-4-6-18(17)23/h3-13H,2H2,1H3. The van der Waals surface area contributed by atoms with Crippen molar-refractivity contribution < 1.29 is 13.9 Å². The van der Waals surface area contributed by atoms with E-state index in [0.29, 0.717) is 38.1 Å². The molecule has 1 aliphatic heterocycles. The van der Waals surface area contributed by atoms with Crippen molar-refractivity contribution in [3.8, 4) is 17.1 Å². The maximum Gasteiger partial charge on any atom is 0.270 e. The molecule has 1 aromatic heterocycles. The molecule has 0 spiro atoms. The molecular weight excluding hydrogens is 426 g/mol. The van der Waals surface area contributed by atoms with Gasteiger partial charge in [0.25, 0.3) is 5.91 Å². The van der Waals surface area contributed by atoms with Gasteiger partial charge in [-0.1, -0.05) is 47.7 Å². The highest BCUT2D eigenvalue weighted by atomic mass is 35.5. The molecule has 0 saturated carbocycles. The summed E-state index contributed by atoms with van der Waals surface area (Å²) in [5.74, 6) is 1.77. The second-order valence-electron chi connectivity index (χ2n) is 6.13. The number of carbonyl (C=O) groups is 1. The van der Waals surface area contributed by atoms with Crippen molar-refractivity contribution in [1.82, 2.24) is 0 Å². The molecule has 0 N–H and O–H groups in total. The maximum absolute atomic E-state index is 12.9. The van der Waals surface area contributed by atoms with Gasteiger partial charge >= 0.3 is 0 Å². The van der Waals surface area contributed by atoms with E-state index in [1.165, 1.54) is 16.7 Å². The van der Waals surface area contributed by atoms with Crippen molar-refractivity contribution in [2.24, 2.45) is 0 Å². The molecule has 4 nitrogen and oxygen atoms in total. The highest BCUT2D eigenvalue weighted by molar-refractivity contribution is 8.27. The molecule has 146 valence electrons. The fourth-order valence-electron chi connectivity index (χ4n) is 2.91. The summed E-state index contributed by atoms with van der Waals surface area (Å²) >= 11 is 12.9. The van der Waals surface area contributed by atoms with Gasteiger partial charge in [0.1, 0.15) is 17.3 Å². The number of rotatable bonds is 5. The van der Waals surface area contributed by atoms with E-state index in [9.17, 15) is 4.79 Å². The smallest absolute Gasteiger partial charge is 0.270 e. The zero-order valence-corrected chi connectivity index (χ0v) is 17.8. The Hall–Kier alpha value is -2.54. The molecule has 7 heteroatoms. The summed E-state index contributed by atoms with van der Waals surface area (Å²) in [6.45, 7) is 2.51. The van der Waals surface area contributed by atoms with Gasteiger partial charge in [-0.05, 0) is 55.5 Å². The first-order valence-corrected chi connectivity index (χ1v) is 10.5. The first-order chi connectivity index (χ1) is 14.1. The monoisotopic (exact) mass is 441 g/mol. The molecule has 0 unspecified atom stereocenters. The molecule has 0 bridgehead atoms. The zero-order valence-electron chi connectivity index (χ0n) is 15.4. The first-order valence-electron chi connectivity index (χ1n) is 8.92. The molecule has 4 rings (SSSR count). The quantitative estimate of drug-likeness (QED) is 0.338. The Morgan fingerprint density at radius 2 is 1.90 bits per heavy atom. The predicted octanol–water partition coefficient (Wildman–Crippen LogP) is 6.40. The number of thioether (sulfide) groups is 1.